The van der Waals surface area contributed by atoms with Crippen LogP contribution in [0.25, 0.3) is 0 Å². The average molecular weight is 501 g/mol. The summed E-state index contributed by atoms with van der Waals surface area (Å²) in [7, 11) is -2.20. The molecule has 0 radical (unpaired) electrons. The Morgan fingerprint density at radius 3 is 2.04 bits per heavy atom. The fourth-order valence-corrected chi connectivity index (χ4v) is 15.9. The van der Waals surface area contributed by atoms with Gasteiger partial charge in [0.05, 0.1) is 0 Å². The molecule has 1 aliphatic rings. The second-order valence-corrected chi connectivity index (χ2v) is 49.5. The SMILES string of the molecule is C[Si](C)(C)C=C[C](=CC[Si](C)(C)C)[Zr]([CH3])([CH3])(=[SiH2])[C]1=CC=CC1.Cl.Cl. The van der Waals surface area contributed by atoms with Crippen molar-refractivity contribution in [2.45, 2.75) is 61.0 Å². The van der Waals surface area contributed by atoms with Crippen LogP contribution in [0.5, 0.6) is 0 Å². The summed E-state index contributed by atoms with van der Waals surface area (Å²) < 4.78 is 8.73. The van der Waals surface area contributed by atoms with Crippen LogP contribution in [0.4, 0.5) is 0 Å². The quantitative estimate of drug-likeness (QED) is 0.282. The van der Waals surface area contributed by atoms with E-state index < -0.39 is 33.5 Å². The largest absolute Gasteiger partial charge is 0.147 e. The van der Waals surface area contributed by atoms with Crippen molar-refractivity contribution in [3.8, 4) is 0 Å². The van der Waals surface area contributed by atoms with E-state index in [0.29, 0.717) is 0 Å². The molecule has 140 valence electrons. The van der Waals surface area contributed by atoms with Crippen LogP contribution in [0.1, 0.15) is 6.42 Å². The standard InChI is InChI=1S/C11H23Si2.C5H5.2CH3.2ClH.H2Si.Zr/c1-12(2,3)10-8-7-9-11-13(4,5)6;1-2-4-5-3-1;;;;;;/h8-10H,11H2,1-6H3;1-3H,4H2;2*1H3;2*1H;1H2;. The Labute approximate surface area is 167 Å². The third-order valence-electron chi connectivity index (χ3n) is 4.42. The van der Waals surface area contributed by atoms with Gasteiger partial charge in [0.1, 0.15) is 0 Å². The van der Waals surface area contributed by atoms with Gasteiger partial charge in [0, 0.05) is 0 Å². The summed E-state index contributed by atoms with van der Waals surface area (Å²) in [5.74, 6) is 0. The number of halogens is 2. The smallest absolute Gasteiger partial charge is 0.147 e. The van der Waals surface area contributed by atoms with E-state index >= 15 is 0 Å². The maximum Gasteiger partial charge on any atom is -0.147 e. The molecule has 24 heavy (non-hydrogen) atoms. The van der Waals surface area contributed by atoms with Gasteiger partial charge < -0.3 is 0 Å². The van der Waals surface area contributed by atoms with Gasteiger partial charge in [0.25, 0.3) is 0 Å². The van der Waals surface area contributed by atoms with Crippen LogP contribution in [-0.2, 0) is 17.4 Å². The molecule has 1 aliphatic carbocycles. The van der Waals surface area contributed by atoms with Crippen molar-refractivity contribution >= 4 is 47.8 Å². The summed E-state index contributed by atoms with van der Waals surface area (Å²) in [4.78, 5) is 0. The van der Waals surface area contributed by atoms with Crippen LogP contribution >= 0.6 is 24.8 Å². The Morgan fingerprint density at radius 1 is 1.12 bits per heavy atom. The number of hydrogen-bond donors (Lipinski definition) is 0. The maximum absolute atomic E-state index is 2.95. The second-order valence-electron chi connectivity index (χ2n) is 10.1. The van der Waals surface area contributed by atoms with E-state index in [-0.39, 0.29) is 24.8 Å². The number of hydrogen-bond acceptors (Lipinski definition) is 0. The van der Waals surface area contributed by atoms with Gasteiger partial charge in [-0.15, -0.1) is 24.8 Å². The van der Waals surface area contributed by atoms with Crippen LogP contribution in [0, 0.1) is 0 Å². The molecule has 0 amide bonds. The van der Waals surface area contributed by atoms with E-state index in [9.17, 15) is 0 Å². The van der Waals surface area contributed by atoms with E-state index in [0.717, 1.165) is 0 Å². The first-order valence-corrected chi connectivity index (χ1v) is 29.1. The summed E-state index contributed by atoms with van der Waals surface area (Å²) in [5.41, 5.74) is 2.56. The van der Waals surface area contributed by atoms with Crippen LogP contribution in [-0.4, -0.2) is 23.0 Å². The Hall–Kier alpha value is 1.07. The zero-order chi connectivity index (χ0) is 17.3. The van der Waals surface area contributed by atoms with Gasteiger partial charge in [-0.3, -0.25) is 0 Å². The van der Waals surface area contributed by atoms with Crippen molar-refractivity contribution < 1.29 is 17.4 Å². The molecule has 1 rings (SSSR count). The molecule has 0 saturated carbocycles. The molecule has 0 saturated heterocycles. The minimum absolute atomic E-state index is 0. The Morgan fingerprint density at radius 2 is 1.67 bits per heavy atom. The van der Waals surface area contributed by atoms with Crippen molar-refractivity contribution in [3.05, 3.63) is 42.6 Å². The van der Waals surface area contributed by atoms with Gasteiger partial charge >= 0.3 is 144 Å². The van der Waals surface area contributed by atoms with Gasteiger partial charge in [-0.25, -0.2) is 0 Å². The summed E-state index contributed by atoms with van der Waals surface area (Å²) >= 11 is -2.95. The first-order valence-electron chi connectivity index (χ1n) is 8.53. The predicted molar refractivity (Wildman–Crippen MR) is 125 cm³/mol. The third kappa shape index (κ3) is 8.64. The Bertz CT molecular complexity index is 609. The molecule has 0 heterocycles. The van der Waals surface area contributed by atoms with Crippen LogP contribution in [0.15, 0.2) is 42.6 Å². The van der Waals surface area contributed by atoms with E-state index in [2.05, 4.69) is 91.5 Å². The number of allylic oxidation sites excluding steroid dienone is 7. The monoisotopic (exact) mass is 498 g/mol. The van der Waals surface area contributed by atoms with Gasteiger partial charge in [-0.1, -0.05) is 0 Å². The average Bonchev–Trinajstić information content (AvgIpc) is 2.78. The molecule has 0 aromatic rings. The van der Waals surface area contributed by atoms with Crippen LogP contribution in [0.3, 0.4) is 0 Å². The zero-order valence-electron chi connectivity index (χ0n) is 16.9. The molecule has 0 nitrogen and oxygen atoms in total. The first kappa shape index (κ1) is 27.3. The fraction of sp³-hybridized carbons (Fsp3) is 0.556. The zero-order valence-corrected chi connectivity index (χ0v) is 24.4. The van der Waals surface area contributed by atoms with Gasteiger partial charge in [-0.05, 0) is 0 Å². The molecular formula is C18H38Cl2Si3Zr. The van der Waals surface area contributed by atoms with E-state index in [4.69, 9.17) is 0 Å². The molecule has 0 N–H and O–H groups in total. The Balaban J connectivity index is 0. The fourth-order valence-electron chi connectivity index (χ4n) is 2.65. The minimum atomic E-state index is -2.95. The molecule has 0 fully saturated rings. The van der Waals surface area contributed by atoms with E-state index in [1.54, 1.807) is 6.56 Å². The molecule has 0 aromatic carbocycles. The predicted octanol–water partition coefficient (Wildman–Crippen LogP) is 6.66. The Kier molecular flexibility index (Phi) is 10.6. The normalized spacial score (nSPS) is 16.7. The third-order valence-corrected chi connectivity index (χ3v) is 23.6. The maximum atomic E-state index is 2.64. The summed E-state index contributed by atoms with van der Waals surface area (Å²) in [6, 6.07) is 1.31. The number of rotatable bonds is 6. The van der Waals surface area contributed by atoms with E-state index in [1.165, 1.54) is 12.5 Å². The molecule has 0 unspecified atom stereocenters. The van der Waals surface area contributed by atoms with Crippen molar-refractivity contribution in [2.75, 3.05) is 0 Å². The van der Waals surface area contributed by atoms with Gasteiger partial charge in [-0.2, -0.15) is 0 Å². The summed E-state index contributed by atoms with van der Waals surface area (Å²) in [5, 5.41) is 0. The van der Waals surface area contributed by atoms with Crippen molar-refractivity contribution in [1.82, 2.24) is 0 Å². The van der Waals surface area contributed by atoms with Gasteiger partial charge in [0.15, 0.2) is 0 Å². The first-order chi connectivity index (χ1) is 9.70. The molecule has 0 aromatic heterocycles. The topological polar surface area (TPSA) is 0 Å². The van der Waals surface area contributed by atoms with E-state index in [1.807, 2.05) is 0 Å². The second kappa shape index (κ2) is 9.32. The molecule has 0 spiro atoms. The summed E-state index contributed by atoms with van der Waals surface area (Å²) in [6.07, 6.45) is 13.4. The van der Waals surface area contributed by atoms with Crippen molar-refractivity contribution in [2.24, 2.45) is 0 Å². The molecule has 0 atom stereocenters. The van der Waals surface area contributed by atoms with Crippen molar-refractivity contribution in [3.63, 3.8) is 0 Å². The van der Waals surface area contributed by atoms with Crippen LogP contribution in [0.2, 0.25) is 54.6 Å². The molecule has 0 aliphatic heterocycles. The molecule has 6 heteroatoms. The molecule has 0 bridgehead atoms. The summed E-state index contributed by atoms with van der Waals surface area (Å²) in [6.45, 7) is 17.1. The molecular weight excluding hydrogens is 463 g/mol. The minimum Gasteiger partial charge on any atom is -0.147 e. The van der Waals surface area contributed by atoms with Crippen molar-refractivity contribution in [1.29, 1.82) is 0 Å². The van der Waals surface area contributed by atoms with Gasteiger partial charge in [0.2, 0.25) is 0 Å². The van der Waals surface area contributed by atoms with Crippen LogP contribution < -0.4 is 0 Å².